The summed E-state index contributed by atoms with van der Waals surface area (Å²) in [5.74, 6) is 0.855. The standard InChI is InChI=1S/C26H32N4O3/c1-17-9-11-19(12-10-17)26(33)30-14-5-4-8-22(30)23-27-21-13-15-29(16-20(21)24(31)28-23)25(32)18-6-2-3-7-18/h9-12,18,22H,2-8,13-16H2,1H3,(H,27,28,31). The Bertz CT molecular complexity index is 1100. The number of rotatable bonds is 3. The lowest BCUT2D eigenvalue weighted by molar-refractivity contribution is -0.136. The molecule has 0 bridgehead atoms. The van der Waals surface area contributed by atoms with Crippen LogP contribution in [0.4, 0.5) is 0 Å². The van der Waals surface area contributed by atoms with Gasteiger partial charge in [-0.3, -0.25) is 14.4 Å². The average Bonchev–Trinajstić information content (AvgIpc) is 3.38. The summed E-state index contributed by atoms with van der Waals surface area (Å²) in [6, 6.07) is 7.39. The summed E-state index contributed by atoms with van der Waals surface area (Å²) in [4.78, 5) is 50.7. The molecular weight excluding hydrogens is 416 g/mol. The molecule has 1 N–H and O–H groups in total. The molecule has 2 aromatic rings. The van der Waals surface area contributed by atoms with Gasteiger partial charge in [-0.25, -0.2) is 4.98 Å². The van der Waals surface area contributed by atoms with Gasteiger partial charge < -0.3 is 14.8 Å². The molecule has 1 saturated heterocycles. The van der Waals surface area contributed by atoms with E-state index in [2.05, 4.69) is 4.98 Å². The number of H-pyrrole nitrogens is 1. The SMILES string of the molecule is Cc1ccc(C(=O)N2CCCCC2c2nc3c(c(=O)[nH]2)CN(C(=O)C2CCCC2)CC3)cc1. The lowest BCUT2D eigenvalue weighted by Crippen LogP contribution is -2.43. The third-order valence-corrected chi connectivity index (χ3v) is 7.48. The van der Waals surface area contributed by atoms with Crippen LogP contribution in [-0.4, -0.2) is 44.7 Å². The maximum Gasteiger partial charge on any atom is 0.256 e. The molecule has 0 spiro atoms. The highest BCUT2D eigenvalue weighted by molar-refractivity contribution is 5.94. The van der Waals surface area contributed by atoms with Gasteiger partial charge in [0.1, 0.15) is 5.82 Å². The summed E-state index contributed by atoms with van der Waals surface area (Å²) in [6.45, 7) is 3.60. The number of nitrogens with one attached hydrogen (secondary N) is 1. The van der Waals surface area contributed by atoms with Crippen LogP contribution in [0, 0.1) is 12.8 Å². The number of aromatic amines is 1. The normalized spacial score (nSPS) is 21.2. The number of carbonyl (C=O) groups is 2. The van der Waals surface area contributed by atoms with E-state index in [4.69, 9.17) is 4.98 Å². The number of hydrogen-bond acceptors (Lipinski definition) is 4. The summed E-state index contributed by atoms with van der Waals surface area (Å²) in [5, 5.41) is 0. The van der Waals surface area contributed by atoms with E-state index in [1.54, 1.807) is 0 Å². The summed E-state index contributed by atoms with van der Waals surface area (Å²) >= 11 is 0. The fraction of sp³-hybridized carbons (Fsp3) is 0.538. The number of aryl methyl sites for hydroxylation is 1. The fourth-order valence-corrected chi connectivity index (χ4v) is 5.54. The number of benzene rings is 1. The zero-order valence-corrected chi connectivity index (χ0v) is 19.3. The molecule has 1 aliphatic carbocycles. The second-order valence-corrected chi connectivity index (χ2v) is 9.74. The first-order valence-corrected chi connectivity index (χ1v) is 12.3. The second kappa shape index (κ2) is 9.12. The minimum absolute atomic E-state index is 0.0200. The van der Waals surface area contributed by atoms with Crippen LogP contribution < -0.4 is 5.56 Å². The molecule has 174 valence electrons. The number of amides is 2. The number of hydrogen-bond donors (Lipinski definition) is 1. The van der Waals surface area contributed by atoms with Crippen LogP contribution in [0.15, 0.2) is 29.1 Å². The Labute approximate surface area is 194 Å². The molecule has 1 aromatic heterocycles. The number of nitrogens with zero attached hydrogens (tertiary/aromatic N) is 3. The lowest BCUT2D eigenvalue weighted by atomic mass is 9.98. The van der Waals surface area contributed by atoms with Crippen LogP contribution >= 0.6 is 0 Å². The van der Waals surface area contributed by atoms with E-state index in [0.29, 0.717) is 43.0 Å². The van der Waals surface area contributed by atoms with Gasteiger partial charge in [0, 0.05) is 31.0 Å². The van der Waals surface area contributed by atoms with Gasteiger partial charge in [-0.2, -0.15) is 0 Å². The van der Waals surface area contributed by atoms with E-state index in [-0.39, 0.29) is 29.3 Å². The topological polar surface area (TPSA) is 86.4 Å². The first-order chi connectivity index (χ1) is 16.0. The molecule has 7 heteroatoms. The average molecular weight is 449 g/mol. The van der Waals surface area contributed by atoms with Crippen molar-refractivity contribution in [1.82, 2.24) is 19.8 Å². The summed E-state index contributed by atoms with van der Waals surface area (Å²) in [6.07, 6.45) is 7.46. The Morgan fingerprint density at radius 2 is 1.73 bits per heavy atom. The molecule has 1 unspecified atom stereocenters. The molecule has 1 saturated carbocycles. The molecule has 3 heterocycles. The van der Waals surface area contributed by atoms with Gasteiger partial charge in [-0.05, 0) is 51.2 Å². The third kappa shape index (κ3) is 4.33. The van der Waals surface area contributed by atoms with Crippen LogP contribution in [0.25, 0.3) is 0 Å². The summed E-state index contributed by atoms with van der Waals surface area (Å²) in [5.41, 5.74) is 2.98. The molecule has 0 radical (unpaired) electrons. The molecule has 1 atom stereocenters. The Morgan fingerprint density at radius 1 is 1.00 bits per heavy atom. The first-order valence-electron chi connectivity index (χ1n) is 12.3. The van der Waals surface area contributed by atoms with E-state index in [9.17, 15) is 14.4 Å². The third-order valence-electron chi connectivity index (χ3n) is 7.48. The molecule has 5 rings (SSSR count). The molecule has 2 aliphatic heterocycles. The van der Waals surface area contributed by atoms with E-state index in [0.717, 1.165) is 56.2 Å². The predicted molar refractivity (Wildman–Crippen MR) is 125 cm³/mol. The van der Waals surface area contributed by atoms with Gasteiger partial charge in [0.25, 0.3) is 11.5 Å². The fourth-order valence-electron chi connectivity index (χ4n) is 5.54. The molecule has 1 aromatic carbocycles. The van der Waals surface area contributed by atoms with Crippen LogP contribution in [-0.2, 0) is 17.8 Å². The number of aromatic nitrogens is 2. The smallest absolute Gasteiger partial charge is 0.256 e. The molecular formula is C26H32N4O3. The van der Waals surface area contributed by atoms with Crippen LogP contribution in [0.1, 0.15) is 84.0 Å². The highest BCUT2D eigenvalue weighted by atomic mass is 16.2. The zero-order valence-electron chi connectivity index (χ0n) is 19.3. The molecule has 2 fully saturated rings. The summed E-state index contributed by atoms with van der Waals surface area (Å²) < 4.78 is 0. The Kier molecular flexibility index (Phi) is 6.04. The van der Waals surface area contributed by atoms with Crippen molar-refractivity contribution in [3.8, 4) is 0 Å². The highest BCUT2D eigenvalue weighted by Gasteiger charge is 2.34. The maximum absolute atomic E-state index is 13.3. The Balaban J connectivity index is 1.38. The van der Waals surface area contributed by atoms with E-state index in [1.807, 2.05) is 41.0 Å². The van der Waals surface area contributed by atoms with Gasteiger partial charge in [0.05, 0.1) is 23.8 Å². The van der Waals surface area contributed by atoms with Crippen molar-refractivity contribution in [3.63, 3.8) is 0 Å². The van der Waals surface area contributed by atoms with Crippen LogP contribution in [0.5, 0.6) is 0 Å². The van der Waals surface area contributed by atoms with E-state index >= 15 is 0 Å². The van der Waals surface area contributed by atoms with Crippen molar-refractivity contribution in [2.45, 2.75) is 70.9 Å². The first kappa shape index (κ1) is 21.9. The zero-order chi connectivity index (χ0) is 22.9. The molecule has 3 aliphatic rings. The van der Waals surface area contributed by atoms with Crippen LogP contribution in [0.2, 0.25) is 0 Å². The largest absolute Gasteiger partial charge is 0.337 e. The van der Waals surface area contributed by atoms with Gasteiger partial charge >= 0.3 is 0 Å². The minimum Gasteiger partial charge on any atom is -0.337 e. The molecule has 33 heavy (non-hydrogen) atoms. The quantitative estimate of drug-likeness (QED) is 0.778. The van der Waals surface area contributed by atoms with Crippen LogP contribution in [0.3, 0.4) is 0 Å². The van der Waals surface area contributed by atoms with Crippen molar-refractivity contribution in [2.24, 2.45) is 5.92 Å². The minimum atomic E-state index is -0.233. The summed E-state index contributed by atoms with van der Waals surface area (Å²) in [7, 11) is 0. The number of likely N-dealkylation sites (tertiary alicyclic amines) is 1. The Hall–Kier alpha value is -2.96. The highest BCUT2D eigenvalue weighted by Crippen LogP contribution is 2.31. The van der Waals surface area contributed by atoms with Gasteiger partial charge in [-0.1, -0.05) is 30.5 Å². The maximum atomic E-state index is 13.3. The lowest BCUT2D eigenvalue weighted by Gasteiger charge is -2.36. The van der Waals surface area contributed by atoms with Crippen molar-refractivity contribution >= 4 is 11.8 Å². The predicted octanol–water partition coefficient (Wildman–Crippen LogP) is 3.52. The van der Waals surface area contributed by atoms with Gasteiger partial charge in [-0.15, -0.1) is 0 Å². The molecule has 7 nitrogen and oxygen atoms in total. The number of carbonyl (C=O) groups excluding carboxylic acids is 2. The molecule has 2 amide bonds. The van der Waals surface area contributed by atoms with Crippen molar-refractivity contribution in [3.05, 3.63) is 62.8 Å². The van der Waals surface area contributed by atoms with Gasteiger partial charge in [0.15, 0.2) is 0 Å². The second-order valence-electron chi connectivity index (χ2n) is 9.74. The van der Waals surface area contributed by atoms with Crippen molar-refractivity contribution in [1.29, 1.82) is 0 Å². The number of piperidine rings is 1. The van der Waals surface area contributed by atoms with E-state index < -0.39 is 0 Å². The van der Waals surface area contributed by atoms with Gasteiger partial charge in [0.2, 0.25) is 5.91 Å². The van der Waals surface area contributed by atoms with E-state index in [1.165, 1.54) is 0 Å². The van der Waals surface area contributed by atoms with Crippen molar-refractivity contribution < 1.29 is 9.59 Å². The monoisotopic (exact) mass is 448 g/mol. The number of fused-ring (bicyclic) bond motifs is 1. The van der Waals surface area contributed by atoms with Crippen molar-refractivity contribution in [2.75, 3.05) is 13.1 Å². The Morgan fingerprint density at radius 3 is 2.48 bits per heavy atom.